The lowest BCUT2D eigenvalue weighted by molar-refractivity contribution is -0.384. The van der Waals surface area contributed by atoms with Gasteiger partial charge in [-0.2, -0.15) is 0 Å². The molecule has 8 nitrogen and oxygen atoms in total. The van der Waals surface area contributed by atoms with Crippen molar-refractivity contribution in [3.05, 3.63) is 99.2 Å². The van der Waals surface area contributed by atoms with E-state index in [0.717, 1.165) is 22.6 Å². The largest absolute Gasteiger partial charge is 0.493 e. The molecule has 0 aromatic heterocycles. The number of rotatable bonds is 6. The summed E-state index contributed by atoms with van der Waals surface area (Å²) in [6.45, 7) is 3.92. The number of anilines is 2. The number of ether oxygens (including phenoxy) is 2. The molecule has 2 atom stereocenters. The number of nitro groups is 1. The van der Waals surface area contributed by atoms with E-state index in [4.69, 9.17) is 9.47 Å². The summed E-state index contributed by atoms with van der Waals surface area (Å²) in [6, 6.07) is 19.5. The topological polar surface area (TPSA) is 103 Å². The van der Waals surface area contributed by atoms with Gasteiger partial charge in [0.25, 0.3) is 5.69 Å². The first-order chi connectivity index (χ1) is 17.8. The van der Waals surface area contributed by atoms with Gasteiger partial charge in [0.15, 0.2) is 17.3 Å². The van der Waals surface area contributed by atoms with Crippen molar-refractivity contribution in [3.63, 3.8) is 0 Å². The van der Waals surface area contributed by atoms with Crippen LogP contribution in [0.5, 0.6) is 11.5 Å². The molecular weight excluding hydrogens is 470 g/mol. The number of fused-ring (bicyclic) bond motifs is 1. The van der Waals surface area contributed by atoms with Crippen molar-refractivity contribution >= 4 is 22.8 Å². The predicted molar refractivity (Wildman–Crippen MR) is 142 cm³/mol. The molecule has 8 heteroatoms. The Hall–Kier alpha value is -4.33. The van der Waals surface area contributed by atoms with Crippen LogP contribution in [0.3, 0.4) is 0 Å². The van der Waals surface area contributed by atoms with E-state index in [9.17, 15) is 14.9 Å². The van der Waals surface area contributed by atoms with Gasteiger partial charge in [-0.25, -0.2) is 0 Å². The summed E-state index contributed by atoms with van der Waals surface area (Å²) in [5.41, 5.74) is 4.76. The second-order valence-corrected chi connectivity index (χ2v) is 9.60. The maximum atomic E-state index is 13.8. The quantitative estimate of drug-likeness (QED) is 0.300. The molecule has 1 aliphatic carbocycles. The number of nitro benzene ring substituents is 1. The van der Waals surface area contributed by atoms with E-state index in [2.05, 4.69) is 10.6 Å². The average molecular weight is 500 g/mol. The first kappa shape index (κ1) is 24.4. The highest BCUT2D eigenvalue weighted by atomic mass is 16.6. The molecule has 3 aromatic rings. The van der Waals surface area contributed by atoms with Crippen LogP contribution in [0.2, 0.25) is 0 Å². The normalized spacial score (nSPS) is 18.8. The van der Waals surface area contributed by atoms with Crippen LogP contribution in [0.1, 0.15) is 49.8 Å². The molecule has 0 saturated carbocycles. The Morgan fingerprint density at radius 1 is 0.946 bits per heavy atom. The summed E-state index contributed by atoms with van der Waals surface area (Å²) in [6.07, 6.45) is 0.935. The summed E-state index contributed by atoms with van der Waals surface area (Å²) in [4.78, 5) is 24.8. The number of para-hydroxylation sites is 2. The molecule has 0 spiro atoms. The van der Waals surface area contributed by atoms with Gasteiger partial charge in [0.1, 0.15) is 0 Å². The van der Waals surface area contributed by atoms with Crippen molar-refractivity contribution in [2.75, 3.05) is 17.7 Å². The number of nitrogens with one attached hydrogen (secondary N) is 2. The fraction of sp³-hybridized carbons (Fsp3) is 0.276. The van der Waals surface area contributed by atoms with Gasteiger partial charge in [-0.15, -0.1) is 0 Å². The number of nitrogens with zero attached hydrogens (tertiary/aromatic N) is 1. The van der Waals surface area contributed by atoms with Gasteiger partial charge in [0.2, 0.25) is 0 Å². The maximum Gasteiger partial charge on any atom is 0.269 e. The number of carbonyl (C=O) groups is 1. The van der Waals surface area contributed by atoms with Crippen molar-refractivity contribution in [2.24, 2.45) is 0 Å². The molecule has 1 aliphatic heterocycles. The first-order valence-electron chi connectivity index (χ1n) is 12.3. The standard InChI is InChI=1S/C29H29N3O5/c1-17(2)37-26-12-11-18(16-27(26)36-3)20-14-24-28(25(33)15-20)29(19-7-6-8-21(13-19)32(34)35)31-23-10-5-4-9-22(23)30-24/h4-13,16-17,20,29-31H,14-15H2,1-3H3. The third-order valence-corrected chi connectivity index (χ3v) is 6.75. The zero-order chi connectivity index (χ0) is 26.1. The SMILES string of the molecule is COc1cc(C2CC(=O)C3=C(C2)Nc2ccccc2NC3c2cccc([N+](=O)[O-])c2)ccc1OC(C)C. The van der Waals surface area contributed by atoms with E-state index in [1.807, 2.05) is 62.4 Å². The first-order valence-corrected chi connectivity index (χ1v) is 12.3. The van der Waals surface area contributed by atoms with E-state index in [1.54, 1.807) is 13.2 Å². The number of non-ortho nitro benzene ring substituents is 1. The Morgan fingerprint density at radius 3 is 2.46 bits per heavy atom. The third-order valence-electron chi connectivity index (χ3n) is 6.75. The van der Waals surface area contributed by atoms with Crippen molar-refractivity contribution in [3.8, 4) is 11.5 Å². The number of hydrogen-bond donors (Lipinski definition) is 2. The number of carbonyl (C=O) groups excluding carboxylic acids is 1. The molecule has 0 saturated heterocycles. The zero-order valence-electron chi connectivity index (χ0n) is 21.0. The molecule has 37 heavy (non-hydrogen) atoms. The Labute approximate surface area is 215 Å². The number of allylic oxidation sites excluding steroid dienone is 1. The van der Waals surface area contributed by atoms with E-state index >= 15 is 0 Å². The summed E-state index contributed by atoms with van der Waals surface area (Å²) in [5.74, 6) is 1.24. The van der Waals surface area contributed by atoms with Gasteiger partial charge in [0.05, 0.1) is 35.6 Å². The minimum Gasteiger partial charge on any atom is -0.493 e. The van der Waals surface area contributed by atoms with E-state index in [-0.39, 0.29) is 23.5 Å². The van der Waals surface area contributed by atoms with E-state index in [0.29, 0.717) is 35.5 Å². The number of Topliss-reactive ketones (excluding diaryl/α,β-unsaturated/α-hetero) is 1. The zero-order valence-corrected chi connectivity index (χ0v) is 21.0. The summed E-state index contributed by atoms with van der Waals surface area (Å²) in [7, 11) is 1.61. The molecular formula is C29H29N3O5. The molecule has 2 unspecified atom stereocenters. The molecule has 2 aliphatic rings. The smallest absolute Gasteiger partial charge is 0.269 e. The number of hydrogen-bond acceptors (Lipinski definition) is 7. The van der Waals surface area contributed by atoms with E-state index < -0.39 is 11.0 Å². The van der Waals surface area contributed by atoms with Gasteiger partial charge in [-0.05, 0) is 61.6 Å². The Balaban J connectivity index is 1.56. The molecule has 0 fully saturated rings. The Kier molecular flexibility index (Phi) is 6.56. The summed E-state index contributed by atoms with van der Waals surface area (Å²) >= 11 is 0. The van der Waals surface area contributed by atoms with Gasteiger partial charge >= 0.3 is 0 Å². The third kappa shape index (κ3) is 4.87. The fourth-order valence-electron chi connectivity index (χ4n) is 5.09. The molecule has 0 bridgehead atoms. The van der Waals surface area contributed by atoms with Gasteiger partial charge < -0.3 is 20.1 Å². The van der Waals surface area contributed by atoms with Crippen LogP contribution >= 0.6 is 0 Å². The monoisotopic (exact) mass is 499 g/mol. The maximum absolute atomic E-state index is 13.8. The van der Waals surface area contributed by atoms with Crippen LogP contribution in [0.25, 0.3) is 0 Å². The van der Waals surface area contributed by atoms with Crippen LogP contribution in [0.4, 0.5) is 17.1 Å². The molecule has 190 valence electrons. The van der Waals surface area contributed by atoms with Gasteiger partial charge in [-0.1, -0.05) is 30.3 Å². The lowest BCUT2D eigenvalue weighted by Gasteiger charge is -2.30. The van der Waals surface area contributed by atoms with Crippen LogP contribution in [-0.2, 0) is 4.79 Å². The Morgan fingerprint density at radius 2 is 1.73 bits per heavy atom. The van der Waals surface area contributed by atoms with E-state index in [1.165, 1.54) is 12.1 Å². The predicted octanol–water partition coefficient (Wildman–Crippen LogP) is 6.37. The highest BCUT2D eigenvalue weighted by Crippen LogP contribution is 2.45. The summed E-state index contributed by atoms with van der Waals surface area (Å²) < 4.78 is 11.4. The fourth-order valence-corrected chi connectivity index (χ4v) is 5.09. The highest BCUT2D eigenvalue weighted by Gasteiger charge is 2.36. The second kappa shape index (κ2) is 9.97. The van der Waals surface area contributed by atoms with Crippen LogP contribution in [0, 0.1) is 10.1 Å². The van der Waals surface area contributed by atoms with Gasteiger partial charge in [0, 0.05) is 29.8 Å². The van der Waals surface area contributed by atoms with Crippen LogP contribution < -0.4 is 20.1 Å². The van der Waals surface area contributed by atoms with Crippen molar-refractivity contribution in [1.82, 2.24) is 0 Å². The lowest BCUT2D eigenvalue weighted by atomic mass is 9.78. The van der Waals surface area contributed by atoms with Crippen molar-refractivity contribution in [2.45, 2.75) is 44.8 Å². The number of methoxy groups -OCH3 is 1. The molecule has 3 aromatic carbocycles. The molecule has 0 radical (unpaired) electrons. The van der Waals surface area contributed by atoms with Crippen LogP contribution in [-0.4, -0.2) is 23.9 Å². The molecule has 0 amide bonds. The summed E-state index contributed by atoms with van der Waals surface area (Å²) in [5, 5.41) is 18.4. The number of benzene rings is 3. The molecule has 5 rings (SSSR count). The average Bonchev–Trinajstić information content (AvgIpc) is 3.05. The minimum absolute atomic E-state index is 0.00274. The van der Waals surface area contributed by atoms with Gasteiger partial charge in [-0.3, -0.25) is 14.9 Å². The van der Waals surface area contributed by atoms with Crippen molar-refractivity contribution < 1.29 is 19.2 Å². The minimum atomic E-state index is -0.518. The highest BCUT2D eigenvalue weighted by molar-refractivity contribution is 6.01. The second-order valence-electron chi connectivity index (χ2n) is 9.60. The van der Waals surface area contributed by atoms with Crippen molar-refractivity contribution in [1.29, 1.82) is 0 Å². The lowest BCUT2D eigenvalue weighted by Crippen LogP contribution is -2.27. The Bertz CT molecular complexity index is 1400. The molecule has 2 N–H and O–H groups in total. The van der Waals surface area contributed by atoms with Crippen LogP contribution in [0.15, 0.2) is 78.0 Å². The molecule has 1 heterocycles. The number of ketones is 1.